The van der Waals surface area contributed by atoms with E-state index >= 15 is 0 Å². The molecule has 0 saturated heterocycles. The highest BCUT2D eigenvalue weighted by Crippen LogP contribution is 2.19. The number of benzene rings is 1. The van der Waals surface area contributed by atoms with Crippen molar-refractivity contribution in [1.82, 2.24) is 4.98 Å². The van der Waals surface area contributed by atoms with Gasteiger partial charge in [0.15, 0.2) is 0 Å². The van der Waals surface area contributed by atoms with Gasteiger partial charge in [-0.05, 0) is 30.3 Å². The Kier molecular flexibility index (Phi) is 3.91. The number of carbonyl (C=O) groups is 1. The summed E-state index contributed by atoms with van der Waals surface area (Å²) in [6.45, 7) is 0. The van der Waals surface area contributed by atoms with E-state index in [0.29, 0.717) is 16.9 Å². The monoisotopic (exact) mass is 318 g/mol. The quantitative estimate of drug-likeness (QED) is 0.599. The summed E-state index contributed by atoms with van der Waals surface area (Å²) < 4.78 is 0.760. The van der Waals surface area contributed by atoms with Gasteiger partial charge in [-0.2, -0.15) is 0 Å². The number of nitrogens with zero attached hydrogens (tertiary/aromatic N) is 1. The molecule has 2 aromatic rings. The Bertz CT molecular complexity index is 628. The molecule has 0 unspecified atom stereocenters. The zero-order valence-corrected chi connectivity index (χ0v) is 11.4. The molecule has 19 heavy (non-hydrogen) atoms. The molecule has 1 heterocycles. The molecule has 6 heteroatoms. The fourth-order valence-corrected chi connectivity index (χ4v) is 1.86. The van der Waals surface area contributed by atoms with Gasteiger partial charge in [0, 0.05) is 21.9 Å². The Morgan fingerprint density at radius 3 is 2.84 bits per heavy atom. The molecule has 1 amide bonds. The molecule has 0 saturated carbocycles. The van der Waals surface area contributed by atoms with Crippen LogP contribution in [-0.2, 0) is 4.79 Å². The largest absolute Gasteiger partial charge is 0.398 e. The van der Waals surface area contributed by atoms with Crippen molar-refractivity contribution in [2.75, 3.05) is 11.1 Å². The van der Waals surface area contributed by atoms with Gasteiger partial charge in [-0.1, -0.05) is 15.9 Å². The number of hydrogen-bond acceptors (Lipinski definition) is 4. The molecule has 0 fully saturated rings. The fourth-order valence-electron chi connectivity index (χ4n) is 1.50. The van der Waals surface area contributed by atoms with Crippen LogP contribution < -0.4 is 11.1 Å². The minimum absolute atomic E-state index is 0.192. The Balaban J connectivity index is 2.20. The molecule has 0 aliphatic carbocycles. The van der Waals surface area contributed by atoms with Crippen molar-refractivity contribution in [1.29, 1.82) is 5.41 Å². The van der Waals surface area contributed by atoms with E-state index in [4.69, 9.17) is 11.1 Å². The number of aromatic nitrogens is 1. The second kappa shape index (κ2) is 5.62. The van der Waals surface area contributed by atoms with Crippen LogP contribution >= 0.6 is 15.9 Å². The second-order valence-corrected chi connectivity index (χ2v) is 4.72. The summed E-state index contributed by atoms with van der Waals surface area (Å²) in [5, 5.41) is 10.5. The van der Waals surface area contributed by atoms with Crippen LogP contribution in [0.4, 0.5) is 11.4 Å². The first-order chi connectivity index (χ1) is 9.08. The maximum Gasteiger partial charge on any atom is 0.274 e. The molecule has 96 valence electrons. The Morgan fingerprint density at radius 1 is 1.37 bits per heavy atom. The minimum atomic E-state index is -0.530. The maximum atomic E-state index is 11.9. The highest BCUT2D eigenvalue weighted by atomic mass is 79.9. The fraction of sp³-hybridized carbons (Fsp3) is 0. The van der Waals surface area contributed by atoms with Gasteiger partial charge < -0.3 is 11.1 Å². The van der Waals surface area contributed by atoms with Gasteiger partial charge in [-0.15, -0.1) is 0 Å². The Hall–Kier alpha value is -2.21. The van der Waals surface area contributed by atoms with Crippen LogP contribution in [0.2, 0.25) is 0 Å². The highest BCUT2D eigenvalue weighted by Gasteiger charge is 2.15. The van der Waals surface area contributed by atoms with Gasteiger partial charge in [-0.3, -0.25) is 15.2 Å². The predicted octanol–water partition coefficient (Wildman–Crippen LogP) is 2.43. The first-order valence-corrected chi connectivity index (χ1v) is 6.22. The summed E-state index contributed by atoms with van der Waals surface area (Å²) >= 11 is 3.29. The van der Waals surface area contributed by atoms with Gasteiger partial charge in [0.05, 0.1) is 11.9 Å². The Morgan fingerprint density at radius 2 is 2.16 bits per heavy atom. The standard InChI is InChI=1S/C13H11BrN4O/c14-8-3-4-11(15)10(6-8)12(16)13(19)18-9-2-1-5-17-7-9/h1-7,16H,15H2,(H,18,19). The van der Waals surface area contributed by atoms with Gasteiger partial charge in [0.1, 0.15) is 5.71 Å². The average Bonchev–Trinajstić information content (AvgIpc) is 2.42. The molecule has 5 nitrogen and oxygen atoms in total. The number of halogens is 1. The maximum absolute atomic E-state index is 11.9. The van der Waals surface area contributed by atoms with Crippen molar-refractivity contribution in [3.8, 4) is 0 Å². The lowest BCUT2D eigenvalue weighted by atomic mass is 10.1. The summed E-state index contributed by atoms with van der Waals surface area (Å²) in [5.41, 5.74) is 6.88. The van der Waals surface area contributed by atoms with E-state index in [0.717, 1.165) is 4.47 Å². The highest BCUT2D eigenvalue weighted by molar-refractivity contribution is 9.10. The number of nitrogen functional groups attached to an aromatic ring is 1. The molecule has 0 bridgehead atoms. The number of hydrogen-bond donors (Lipinski definition) is 3. The summed E-state index contributed by atoms with van der Waals surface area (Å²) in [7, 11) is 0. The van der Waals surface area contributed by atoms with Crippen molar-refractivity contribution in [2.45, 2.75) is 0 Å². The molecule has 0 aliphatic rings. The van der Waals surface area contributed by atoms with Crippen LogP contribution in [0.3, 0.4) is 0 Å². The topological polar surface area (TPSA) is 91.9 Å². The van der Waals surface area contributed by atoms with Gasteiger partial charge in [0.2, 0.25) is 0 Å². The molecule has 1 aromatic carbocycles. The van der Waals surface area contributed by atoms with Crippen LogP contribution in [0.5, 0.6) is 0 Å². The zero-order chi connectivity index (χ0) is 13.8. The van der Waals surface area contributed by atoms with Crippen molar-refractivity contribution in [2.24, 2.45) is 0 Å². The van der Waals surface area contributed by atoms with E-state index in [-0.39, 0.29) is 5.71 Å². The van der Waals surface area contributed by atoms with Crippen molar-refractivity contribution in [3.63, 3.8) is 0 Å². The predicted molar refractivity (Wildman–Crippen MR) is 78.2 cm³/mol. The summed E-state index contributed by atoms with van der Waals surface area (Å²) in [5.74, 6) is -0.530. The zero-order valence-electron chi connectivity index (χ0n) is 9.85. The smallest absolute Gasteiger partial charge is 0.274 e. The third-order valence-corrected chi connectivity index (χ3v) is 2.92. The number of pyridine rings is 1. The average molecular weight is 319 g/mol. The van der Waals surface area contributed by atoms with Crippen LogP contribution in [0, 0.1) is 5.41 Å². The molecular weight excluding hydrogens is 308 g/mol. The van der Waals surface area contributed by atoms with Crippen LogP contribution in [0.1, 0.15) is 5.56 Å². The normalized spacial score (nSPS) is 9.95. The molecule has 4 N–H and O–H groups in total. The number of carbonyl (C=O) groups excluding carboxylic acids is 1. The first kappa shape index (κ1) is 13.2. The third-order valence-electron chi connectivity index (χ3n) is 2.43. The molecular formula is C13H11BrN4O. The lowest BCUT2D eigenvalue weighted by molar-refractivity contribution is -0.110. The minimum Gasteiger partial charge on any atom is -0.398 e. The second-order valence-electron chi connectivity index (χ2n) is 3.80. The van der Waals surface area contributed by atoms with E-state index in [2.05, 4.69) is 26.2 Å². The lowest BCUT2D eigenvalue weighted by Crippen LogP contribution is -2.23. The number of rotatable bonds is 3. The molecule has 0 spiro atoms. The molecule has 0 atom stereocenters. The third kappa shape index (κ3) is 3.17. The van der Waals surface area contributed by atoms with Gasteiger partial charge in [0.25, 0.3) is 5.91 Å². The van der Waals surface area contributed by atoms with Crippen molar-refractivity contribution >= 4 is 38.9 Å². The van der Waals surface area contributed by atoms with Crippen LogP contribution in [-0.4, -0.2) is 16.6 Å². The number of amides is 1. The Labute approximate surface area is 118 Å². The van der Waals surface area contributed by atoms with E-state index < -0.39 is 5.91 Å². The van der Waals surface area contributed by atoms with Crippen molar-refractivity contribution in [3.05, 3.63) is 52.8 Å². The SMILES string of the molecule is N=C(C(=O)Nc1cccnc1)c1cc(Br)ccc1N. The summed E-state index contributed by atoms with van der Waals surface area (Å²) in [6.07, 6.45) is 3.11. The van der Waals surface area contributed by atoms with Crippen LogP contribution in [0.25, 0.3) is 0 Å². The molecule has 0 radical (unpaired) electrons. The number of anilines is 2. The molecule has 1 aromatic heterocycles. The van der Waals surface area contributed by atoms with E-state index in [1.165, 1.54) is 6.20 Å². The molecule has 0 aliphatic heterocycles. The molecule has 2 rings (SSSR count). The van der Waals surface area contributed by atoms with Gasteiger partial charge in [-0.25, -0.2) is 0 Å². The van der Waals surface area contributed by atoms with Crippen molar-refractivity contribution < 1.29 is 4.79 Å². The lowest BCUT2D eigenvalue weighted by Gasteiger charge is -2.08. The summed E-state index contributed by atoms with van der Waals surface area (Å²) in [4.78, 5) is 15.8. The van der Waals surface area contributed by atoms with E-state index in [9.17, 15) is 4.79 Å². The summed E-state index contributed by atoms with van der Waals surface area (Å²) in [6, 6.07) is 8.44. The van der Waals surface area contributed by atoms with E-state index in [1.807, 2.05) is 0 Å². The van der Waals surface area contributed by atoms with E-state index in [1.54, 1.807) is 36.5 Å². The number of nitrogens with two attached hydrogens (primary N) is 1. The first-order valence-electron chi connectivity index (χ1n) is 5.43. The van der Waals surface area contributed by atoms with Gasteiger partial charge >= 0.3 is 0 Å². The number of nitrogens with one attached hydrogen (secondary N) is 2. The van der Waals surface area contributed by atoms with Crippen LogP contribution in [0.15, 0.2) is 47.2 Å².